The molecule has 2 aromatic carbocycles. The van der Waals surface area contributed by atoms with Crippen molar-refractivity contribution < 1.29 is 4.79 Å². The number of nitrogens with zero attached hydrogens (tertiary/aromatic N) is 2. The third-order valence-electron chi connectivity index (χ3n) is 5.96. The third-order valence-corrected chi connectivity index (χ3v) is 5.96. The van der Waals surface area contributed by atoms with Gasteiger partial charge in [-0.15, -0.1) is 0 Å². The van der Waals surface area contributed by atoms with Crippen molar-refractivity contribution in [2.75, 3.05) is 32.7 Å². The van der Waals surface area contributed by atoms with E-state index in [0.29, 0.717) is 0 Å². The monoisotopic (exact) mass is 372 g/mol. The highest BCUT2D eigenvalue weighted by Crippen LogP contribution is 2.21. The zero-order chi connectivity index (χ0) is 19.3. The van der Waals surface area contributed by atoms with E-state index in [1.54, 1.807) is 0 Å². The van der Waals surface area contributed by atoms with Crippen molar-refractivity contribution in [3.05, 3.63) is 70.8 Å². The summed E-state index contributed by atoms with van der Waals surface area (Å²) in [6.45, 7) is 7.32. The first-order valence-corrected chi connectivity index (χ1v) is 10.4. The van der Waals surface area contributed by atoms with Gasteiger partial charge < -0.3 is 9.80 Å². The van der Waals surface area contributed by atoms with Gasteiger partial charge in [-0.05, 0) is 74.2 Å². The third kappa shape index (κ3) is 4.46. The molecule has 4 rings (SSSR count). The molecule has 0 aromatic heterocycles. The summed E-state index contributed by atoms with van der Waals surface area (Å²) < 4.78 is 0. The summed E-state index contributed by atoms with van der Waals surface area (Å²) in [4.78, 5) is 17.4. The maximum Gasteiger partial charge on any atom is 0.254 e. The number of carbonyl (C=O) groups excluding carboxylic acids is 1. The maximum absolute atomic E-state index is 12.9. The topological polar surface area (TPSA) is 23.6 Å². The zero-order valence-corrected chi connectivity index (χ0v) is 16.7. The average Bonchev–Trinajstić information content (AvgIpc) is 2.74. The fourth-order valence-corrected chi connectivity index (χ4v) is 4.04. The molecule has 2 aliphatic rings. The van der Waals surface area contributed by atoms with E-state index in [4.69, 9.17) is 0 Å². The molecule has 3 nitrogen and oxygen atoms in total. The van der Waals surface area contributed by atoms with Gasteiger partial charge in [0, 0.05) is 36.3 Å². The van der Waals surface area contributed by atoms with Crippen LogP contribution in [-0.4, -0.2) is 48.4 Å². The number of hydrogen-bond donors (Lipinski definition) is 0. The van der Waals surface area contributed by atoms with Crippen molar-refractivity contribution in [3.63, 3.8) is 0 Å². The van der Waals surface area contributed by atoms with Gasteiger partial charge in [0.05, 0.1) is 0 Å². The fraction of sp³-hybridized carbons (Fsp3) is 0.400. The maximum atomic E-state index is 12.9. The lowest BCUT2D eigenvalue weighted by molar-refractivity contribution is 0.0707. The summed E-state index contributed by atoms with van der Waals surface area (Å²) in [5.41, 5.74) is 3.97. The van der Waals surface area contributed by atoms with E-state index < -0.39 is 0 Å². The van der Waals surface area contributed by atoms with Gasteiger partial charge in [0.2, 0.25) is 0 Å². The van der Waals surface area contributed by atoms with Crippen LogP contribution in [0, 0.1) is 17.8 Å². The lowest BCUT2D eigenvalue weighted by Gasteiger charge is -2.34. The molecule has 2 aromatic rings. The molecule has 3 heteroatoms. The second-order valence-electron chi connectivity index (χ2n) is 8.05. The molecule has 1 fully saturated rings. The van der Waals surface area contributed by atoms with E-state index in [2.05, 4.69) is 29.7 Å². The van der Waals surface area contributed by atoms with Gasteiger partial charge in [-0.3, -0.25) is 4.79 Å². The van der Waals surface area contributed by atoms with Gasteiger partial charge in [0.15, 0.2) is 0 Å². The van der Waals surface area contributed by atoms with E-state index in [-0.39, 0.29) is 5.91 Å². The van der Waals surface area contributed by atoms with Crippen molar-refractivity contribution in [1.82, 2.24) is 9.80 Å². The van der Waals surface area contributed by atoms with E-state index >= 15 is 0 Å². The second-order valence-corrected chi connectivity index (χ2v) is 8.05. The van der Waals surface area contributed by atoms with Crippen LogP contribution < -0.4 is 0 Å². The Kier molecular flexibility index (Phi) is 5.78. The molecular weight excluding hydrogens is 344 g/mol. The van der Waals surface area contributed by atoms with E-state index in [1.807, 2.05) is 47.4 Å². The van der Waals surface area contributed by atoms with Crippen molar-refractivity contribution in [3.8, 4) is 11.8 Å². The van der Waals surface area contributed by atoms with Crippen LogP contribution in [0.5, 0.6) is 0 Å². The first-order valence-electron chi connectivity index (χ1n) is 10.4. The Morgan fingerprint density at radius 1 is 0.929 bits per heavy atom. The predicted molar refractivity (Wildman–Crippen MR) is 113 cm³/mol. The Labute approximate surface area is 168 Å². The van der Waals surface area contributed by atoms with Gasteiger partial charge in [-0.1, -0.05) is 37.0 Å². The summed E-state index contributed by atoms with van der Waals surface area (Å²) in [7, 11) is 0. The Bertz CT molecular complexity index is 886. The minimum Gasteiger partial charge on any atom is -0.337 e. The van der Waals surface area contributed by atoms with Crippen LogP contribution in [0.2, 0.25) is 0 Å². The summed E-state index contributed by atoms with van der Waals surface area (Å²) in [6.07, 6.45) is 3.48. The predicted octanol–water partition coefficient (Wildman–Crippen LogP) is 3.82. The Balaban J connectivity index is 1.39. The van der Waals surface area contributed by atoms with Crippen LogP contribution in [0.4, 0.5) is 0 Å². The largest absolute Gasteiger partial charge is 0.337 e. The highest BCUT2D eigenvalue weighted by molar-refractivity contribution is 5.97. The molecule has 0 saturated carbocycles. The average molecular weight is 373 g/mol. The molecule has 0 N–H and O–H groups in total. The van der Waals surface area contributed by atoms with Crippen LogP contribution in [0.15, 0.2) is 48.5 Å². The highest BCUT2D eigenvalue weighted by atomic mass is 16.2. The molecule has 2 aliphatic heterocycles. The lowest BCUT2D eigenvalue weighted by atomic mass is 9.96. The molecule has 2 heterocycles. The van der Waals surface area contributed by atoms with E-state index in [1.165, 1.54) is 25.9 Å². The molecule has 0 spiro atoms. The molecule has 0 aliphatic carbocycles. The molecule has 144 valence electrons. The summed E-state index contributed by atoms with van der Waals surface area (Å²) in [5, 5.41) is 0. The van der Waals surface area contributed by atoms with Crippen LogP contribution >= 0.6 is 0 Å². The molecule has 1 saturated heterocycles. The second kappa shape index (κ2) is 8.63. The SMILES string of the molecule is CC1CCN(CCN2CCc3cc(C#Cc4ccccc4)ccc3C2=O)CC1. The van der Waals surface area contributed by atoms with Crippen molar-refractivity contribution in [1.29, 1.82) is 0 Å². The molecule has 28 heavy (non-hydrogen) atoms. The van der Waals surface area contributed by atoms with Crippen LogP contribution in [0.3, 0.4) is 0 Å². The van der Waals surface area contributed by atoms with Crippen molar-refractivity contribution in [2.24, 2.45) is 5.92 Å². The number of fused-ring (bicyclic) bond motifs is 1. The van der Waals surface area contributed by atoms with E-state index in [0.717, 1.165) is 54.2 Å². The van der Waals surface area contributed by atoms with Gasteiger partial charge in [0.25, 0.3) is 5.91 Å². The Morgan fingerprint density at radius 2 is 1.68 bits per heavy atom. The number of rotatable bonds is 3. The van der Waals surface area contributed by atoms with Crippen molar-refractivity contribution >= 4 is 5.91 Å². The molecular formula is C25H28N2O. The standard InChI is InChI=1S/C25H28N2O/c1-20-11-14-26(15-12-20)17-18-27-16-13-23-19-22(9-10-24(23)25(27)28)8-7-21-5-3-2-4-6-21/h2-6,9-10,19-20H,11-18H2,1H3. The smallest absolute Gasteiger partial charge is 0.254 e. The first-order chi connectivity index (χ1) is 13.7. The minimum absolute atomic E-state index is 0.175. The Morgan fingerprint density at radius 3 is 2.46 bits per heavy atom. The van der Waals surface area contributed by atoms with Crippen LogP contribution in [-0.2, 0) is 6.42 Å². The number of likely N-dealkylation sites (tertiary alicyclic amines) is 1. The van der Waals surface area contributed by atoms with E-state index in [9.17, 15) is 4.79 Å². The van der Waals surface area contributed by atoms with Gasteiger partial charge in [-0.25, -0.2) is 0 Å². The zero-order valence-electron chi connectivity index (χ0n) is 16.7. The molecule has 1 amide bonds. The van der Waals surface area contributed by atoms with Gasteiger partial charge in [-0.2, -0.15) is 0 Å². The number of hydrogen-bond acceptors (Lipinski definition) is 2. The van der Waals surface area contributed by atoms with Crippen LogP contribution in [0.25, 0.3) is 0 Å². The minimum atomic E-state index is 0.175. The quantitative estimate of drug-likeness (QED) is 0.765. The number of piperidine rings is 1. The Hall–Kier alpha value is -2.57. The molecule has 0 radical (unpaired) electrons. The van der Waals surface area contributed by atoms with Gasteiger partial charge >= 0.3 is 0 Å². The molecule has 0 bridgehead atoms. The number of carbonyl (C=O) groups is 1. The fourth-order valence-electron chi connectivity index (χ4n) is 4.04. The number of amides is 1. The number of benzene rings is 2. The molecule has 0 atom stereocenters. The lowest BCUT2D eigenvalue weighted by Crippen LogP contribution is -2.44. The first kappa shape index (κ1) is 18.8. The highest BCUT2D eigenvalue weighted by Gasteiger charge is 2.25. The summed E-state index contributed by atoms with van der Waals surface area (Å²) >= 11 is 0. The van der Waals surface area contributed by atoms with Gasteiger partial charge in [0.1, 0.15) is 0 Å². The van der Waals surface area contributed by atoms with Crippen LogP contribution in [0.1, 0.15) is 46.8 Å². The molecule has 0 unspecified atom stereocenters. The summed E-state index contributed by atoms with van der Waals surface area (Å²) in [5.74, 6) is 7.45. The van der Waals surface area contributed by atoms with Crippen molar-refractivity contribution in [2.45, 2.75) is 26.2 Å². The summed E-state index contributed by atoms with van der Waals surface area (Å²) in [6, 6.07) is 16.0. The normalized spacial score (nSPS) is 17.8.